The van der Waals surface area contributed by atoms with Crippen molar-refractivity contribution in [3.8, 4) is 0 Å². The van der Waals surface area contributed by atoms with E-state index in [0.29, 0.717) is 5.41 Å². The molecule has 0 aromatic heterocycles. The second-order valence-corrected chi connectivity index (χ2v) is 3.36. The van der Waals surface area contributed by atoms with E-state index in [9.17, 15) is 0 Å². The Morgan fingerprint density at radius 1 is 1.40 bits per heavy atom. The number of ether oxygens (including phenoxy) is 2. The summed E-state index contributed by atoms with van der Waals surface area (Å²) in [4.78, 5) is 0. The second-order valence-electron chi connectivity index (χ2n) is 3.36. The van der Waals surface area contributed by atoms with Crippen LogP contribution in [0.15, 0.2) is 0 Å². The summed E-state index contributed by atoms with van der Waals surface area (Å²) in [6.07, 6.45) is 2.28. The van der Waals surface area contributed by atoms with Gasteiger partial charge in [-0.05, 0) is 18.3 Å². The van der Waals surface area contributed by atoms with Crippen molar-refractivity contribution in [3.05, 3.63) is 0 Å². The molecular formula is C8H16O2. The van der Waals surface area contributed by atoms with Crippen molar-refractivity contribution in [1.29, 1.82) is 0 Å². The van der Waals surface area contributed by atoms with E-state index >= 15 is 0 Å². The molecule has 0 aromatic carbocycles. The van der Waals surface area contributed by atoms with Crippen LogP contribution < -0.4 is 0 Å². The number of rotatable bonds is 2. The smallest absolute Gasteiger partial charge is 0.0517 e. The van der Waals surface area contributed by atoms with Gasteiger partial charge in [-0.3, -0.25) is 0 Å². The minimum absolute atomic E-state index is 0.382. The summed E-state index contributed by atoms with van der Waals surface area (Å²) in [5.74, 6) is 0. The molecule has 1 aliphatic rings. The summed E-state index contributed by atoms with van der Waals surface area (Å²) in [6.45, 7) is 4.94. The molecule has 0 aliphatic carbocycles. The average molecular weight is 144 g/mol. The minimum atomic E-state index is 0.382. The van der Waals surface area contributed by atoms with Gasteiger partial charge in [0.15, 0.2) is 0 Å². The van der Waals surface area contributed by atoms with Gasteiger partial charge in [-0.1, -0.05) is 6.92 Å². The highest BCUT2D eigenvalue weighted by atomic mass is 16.5. The zero-order valence-corrected chi connectivity index (χ0v) is 6.85. The van der Waals surface area contributed by atoms with Crippen LogP contribution >= 0.6 is 0 Å². The van der Waals surface area contributed by atoms with E-state index in [1.54, 1.807) is 7.11 Å². The van der Waals surface area contributed by atoms with Crippen LogP contribution in [0.3, 0.4) is 0 Å². The molecule has 2 nitrogen and oxygen atoms in total. The van der Waals surface area contributed by atoms with E-state index in [1.807, 2.05) is 0 Å². The van der Waals surface area contributed by atoms with Crippen LogP contribution in [-0.4, -0.2) is 26.9 Å². The van der Waals surface area contributed by atoms with Crippen molar-refractivity contribution in [2.45, 2.75) is 19.8 Å². The Hall–Kier alpha value is -0.0800. The molecule has 0 amide bonds. The molecule has 0 unspecified atom stereocenters. The molecule has 0 spiro atoms. The Balaban J connectivity index is 2.32. The topological polar surface area (TPSA) is 18.5 Å². The fourth-order valence-corrected chi connectivity index (χ4v) is 1.36. The maximum absolute atomic E-state index is 5.26. The molecule has 0 bridgehead atoms. The summed E-state index contributed by atoms with van der Waals surface area (Å²) in [6, 6.07) is 0. The fraction of sp³-hybridized carbons (Fsp3) is 1.00. The van der Waals surface area contributed by atoms with Gasteiger partial charge < -0.3 is 9.47 Å². The van der Waals surface area contributed by atoms with Crippen LogP contribution in [0, 0.1) is 5.41 Å². The Labute approximate surface area is 62.5 Å². The van der Waals surface area contributed by atoms with Crippen molar-refractivity contribution < 1.29 is 9.47 Å². The maximum Gasteiger partial charge on any atom is 0.0517 e. The monoisotopic (exact) mass is 144 g/mol. The summed E-state index contributed by atoms with van der Waals surface area (Å²) >= 11 is 0. The summed E-state index contributed by atoms with van der Waals surface area (Å²) in [5.41, 5.74) is 0.382. The number of hydrogen-bond acceptors (Lipinski definition) is 2. The Kier molecular flexibility index (Phi) is 2.69. The highest BCUT2D eigenvalue weighted by molar-refractivity contribution is 4.76. The molecule has 0 radical (unpaired) electrons. The van der Waals surface area contributed by atoms with Crippen molar-refractivity contribution in [2.75, 3.05) is 26.9 Å². The van der Waals surface area contributed by atoms with E-state index in [4.69, 9.17) is 9.47 Å². The van der Waals surface area contributed by atoms with Gasteiger partial charge >= 0.3 is 0 Å². The van der Waals surface area contributed by atoms with Crippen LogP contribution in [0.2, 0.25) is 0 Å². The van der Waals surface area contributed by atoms with Crippen LogP contribution in [0.1, 0.15) is 19.8 Å². The van der Waals surface area contributed by atoms with E-state index in [0.717, 1.165) is 32.7 Å². The maximum atomic E-state index is 5.26. The molecular weight excluding hydrogens is 128 g/mol. The summed E-state index contributed by atoms with van der Waals surface area (Å²) < 4.78 is 10.4. The first-order valence-electron chi connectivity index (χ1n) is 3.83. The van der Waals surface area contributed by atoms with Gasteiger partial charge in [0, 0.05) is 20.3 Å². The molecule has 0 N–H and O–H groups in total. The normalized spacial score (nSPS) is 24.6. The Morgan fingerprint density at radius 2 is 2.00 bits per heavy atom. The van der Waals surface area contributed by atoms with E-state index in [-0.39, 0.29) is 0 Å². The van der Waals surface area contributed by atoms with E-state index < -0.39 is 0 Å². The predicted molar refractivity (Wildman–Crippen MR) is 40.0 cm³/mol. The highest BCUT2D eigenvalue weighted by Crippen LogP contribution is 2.29. The van der Waals surface area contributed by atoms with Crippen LogP contribution in [0.25, 0.3) is 0 Å². The standard InChI is InChI=1S/C8H16O2/c1-8(7-9-2)3-5-10-6-4-8/h3-7H2,1-2H3. The SMILES string of the molecule is COCC1(C)CCOCC1. The fourth-order valence-electron chi connectivity index (χ4n) is 1.36. The lowest BCUT2D eigenvalue weighted by atomic mass is 9.83. The lowest BCUT2D eigenvalue weighted by Gasteiger charge is -2.32. The molecule has 1 heterocycles. The van der Waals surface area contributed by atoms with Crippen LogP contribution in [-0.2, 0) is 9.47 Å². The molecule has 1 saturated heterocycles. The molecule has 1 rings (SSSR count). The average Bonchev–Trinajstić information content (AvgIpc) is 1.89. The minimum Gasteiger partial charge on any atom is -0.384 e. The van der Waals surface area contributed by atoms with Gasteiger partial charge in [0.1, 0.15) is 0 Å². The van der Waals surface area contributed by atoms with Crippen LogP contribution in [0.4, 0.5) is 0 Å². The molecule has 0 aromatic rings. The van der Waals surface area contributed by atoms with Crippen LogP contribution in [0.5, 0.6) is 0 Å². The molecule has 0 saturated carbocycles. The Bertz CT molecular complexity index is 89.9. The summed E-state index contributed by atoms with van der Waals surface area (Å²) in [5, 5.41) is 0. The van der Waals surface area contributed by atoms with Gasteiger partial charge in [-0.2, -0.15) is 0 Å². The lowest BCUT2D eigenvalue weighted by molar-refractivity contribution is -0.0173. The van der Waals surface area contributed by atoms with E-state index in [1.165, 1.54) is 0 Å². The van der Waals surface area contributed by atoms with Crippen molar-refractivity contribution in [3.63, 3.8) is 0 Å². The first-order chi connectivity index (χ1) is 4.77. The molecule has 1 fully saturated rings. The molecule has 10 heavy (non-hydrogen) atoms. The van der Waals surface area contributed by atoms with Gasteiger partial charge in [0.05, 0.1) is 6.61 Å². The third kappa shape index (κ3) is 1.96. The molecule has 60 valence electrons. The molecule has 0 atom stereocenters. The Morgan fingerprint density at radius 3 is 2.50 bits per heavy atom. The molecule has 1 aliphatic heterocycles. The second kappa shape index (κ2) is 3.35. The zero-order valence-electron chi connectivity index (χ0n) is 6.85. The van der Waals surface area contributed by atoms with Gasteiger partial charge in [0.2, 0.25) is 0 Å². The van der Waals surface area contributed by atoms with E-state index in [2.05, 4.69) is 6.92 Å². The highest BCUT2D eigenvalue weighted by Gasteiger charge is 2.26. The third-order valence-corrected chi connectivity index (χ3v) is 2.19. The molecule has 2 heteroatoms. The predicted octanol–water partition coefficient (Wildman–Crippen LogP) is 1.45. The van der Waals surface area contributed by atoms with Crippen molar-refractivity contribution >= 4 is 0 Å². The lowest BCUT2D eigenvalue weighted by Crippen LogP contribution is -2.30. The van der Waals surface area contributed by atoms with Gasteiger partial charge in [0.25, 0.3) is 0 Å². The first kappa shape index (κ1) is 8.02. The van der Waals surface area contributed by atoms with Crippen molar-refractivity contribution in [2.24, 2.45) is 5.41 Å². The van der Waals surface area contributed by atoms with Gasteiger partial charge in [-0.15, -0.1) is 0 Å². The van der Waals surface area contributed by atoms with Gasteiger partial charge in [-0.25, -0.2) is 0 Å². The largest absolute Gasteiger partial charge is 0.384 e. The summed E-state index contributed by atoms with van der Waals surface area (Å²) in [7, 11) is 1.76. The zero-order chi connectivity index (χ0) is 7.45. The quantitative estimate of drug-likeness (QED) is 0.584. The number of hydrogen-bond donors (Lipinski definition) is 0. The van der Waals surface area contributed by atoms with Crippen molar-refractivity contribution in [1.82, 2.24) is 0 Å². The first-order valence-corrected chi connectivity index (χ1v) is 3.83. The third-order valence-electron chi connectivity index (χ3n) is 2.19. The number of methoxy groups -OCH3 is 1.